The Hall–Kier alpha value is -0.0500. The minimum absolute atomic E-state index is 0.268. The molecule has 0 saturated heterocycles. The lowest BCUT2D eigenvalue weighted by molar-refractivity contribution is 0.258. The molecule has 1 aromatic carbocycles. The van der Waals surface area contributed by atoms with Crippen molar-refractivity contribution < 1.29 is 0 Å². The van der Waals surface area contributed by atoms with E-state index < -0.39 is 0 Å². The highest BCUT2D eigenvalue weighted by Crippen LogP contribution is 2.29. The molecule has 0 fully saturated rings. The van der Waals surface area contributed by atoms with Crippen molar-refractivity contribution in [1.82, 2.24) is 5.32 Å². The highest BCUT2D eigenvalue weighted by molar-refractivity contribution is 9.10. The fourth-order valence-corrected chi connectivity index (χ4v) is 3.10. The van der Waals surface area contributed by atoms with Crippen LogP contribution in [0.15, 0.2) is 22.7 Å². The van der Waals surface area contributed by atoms with Gasteiger partial charge in [-0.1, -0.05) is 61.3 Å². The Labute approximate surface area is 124 Å². The molecule has 0 aliphatic carbocycles. The third-order valence-corrected chi connectivity index (χ3v) is 4.34. The molecule has 0 radical (unpaired) electrons. The van der Waals surface area contributed by atoms with Gasteiger partial charge in [0.05, 0.1) is 0 Å². The quantitative estimate of drug-likeness (QED) is 0.794. The summed E-state index contributed by atoms with van der Waals surface area (Å²) in [5.41, 5.74) is 1.48. The van der Waals surface area contributed by atoms with Gasteiger partial charge in [0.25, 0.3) is 0 Å². The van der Waals surface area contributed by atoms with Crippen LogP contribution < -0.4 is 5.32 Å². The van der Waals surface area contributed by atoms with Gasteiger partial charge in [-0.3, -0.25) is 0 Å². The summed E-state index contributed by atoms with van der Waals surface area (Å²) >= 11 is 9.84. The van der Waals surface area contributed by atoms with Gasteiger partial charge in [-0.2, -0.15) is 0 Å². The van der Waals surface area contributed by atoms with Crippen molar-refractivity contribution in [1.29, 1.82) is 0 Å². The summed E-state index contributed by atoms with van der Waals surface area (Å²) in [6, 6.07) is 6.49. The van der Waals surface area contributed by atoms with Gasteiger partial charge in [0.1, 0.15) is 0 Å². The van der Waals surface area contributed by atoms with Gasteiger partial charge < -0.3 is 5.32 Å². The lowest BCUT2D eigenvalue weighted by Crippen LogP contribution is -2.40. The SMILES string of the molecule is CCNC(CCc1c(Cl)cccc1Br)C(C)(C)C. The average molecular weight is 333 g/mol. The van der Waals surface area contributed by atoms with Gasteiger partial charge in [0.15, 0.2) is 0 Å². The van der Waals surface area contributed by atoms with Gasteiger partial charge >= 0.3 is 0 Å². The van der Waals surface area contributed by atoms with Gasteiger partial charge in [0, 0.05) is 15.5 Å². The van der Waals surface area contributed by atoms with E-state index in [1.165, 1.54) is 5.56 Å². The molecule has 102 valence electrons. The number of halogens is 2. The molecule has 0 aliphatic heterocycles. The molecule has 18 heavy (non-hydrogen) atoms. The van der Waals surface area contributed by atoms with Gasteiger partial charge in [-0.15, -0.1) is 0 Å². The van der Waals surface area contributed by atoms with Crippen LogP contribution in [0, 0.1) is 5.41 Å². The molecule has 0 aliphatic rings. The number of nitrogens with one attached hydrogen (secondary N) is 1. The van der Waals surface area contributed by atoms with Crippen molar-refractivity contribution in [2.24, 2.45) is 5.41 Å². The zero-order valence-corrected chi connectivity index (χ0v) is 14.0. The molecular formula is C15H23BrClN. The number of rotatable bonds is 5. The molecule has 0 amide bonds. The summed E-state index contributed by atoms with van der Waals surface area (Å²) in [7, 11) is 0. The first-order valence-electron chi connectivity index (χ1n) is 6.52. The van der Waals surface area contributed by atoms with E-state index in [4.69, 9.17) is 11.6 Å². The molecule has 0 aromatic heterocycles. The van der Waals surface area contributed by atoms with Crippen LogP contribution in [-0.2, 0) is 6.42 Å². The largest absolute Gasteiger partial charge is 0.314 e. The van der Waals surface area contributed by atoms with Crippen LogP contribution in [0.2, 0.25) is 5.02 Å². The van der Waals surface area contributed by atoms with Crippen molar-refractivity contribution in [3.05, 3.63) is 33.3 Å². The highest BCUT2D eigenvalue weighted by Gasteiger charge is 2.23. The predicted octanol–water partition coefficient (Wildman–Crippen LogP) is 5.06. The third kappa shape index (κ3) is 4.56. The zero-order valence-electron chi connectivity index (χ0n) is 11.7. The monoisotopic (exact) mass is 331 g/mol. The summed E-state index contributed by atoms with van der Waals surface area (Å²) in [6.45, 7) is 10.0. The number of hydrogen-bond donors (Lipinski definition) is 1. The first-order valence-corrected chi connectivity index (χ1v) is 7.69. The second-order valence-electron chi connectivity index (χ2n) is 5.72. The van der Waals surface area contributed by atoms with E-state index in [1.807, 2.05) is 12.1 Å². The molecule has 1 aromatic rings. The van der Waals surface area contributed by atoms with E-state index in [0.717, 1.165) is 28.9 Å². The Bertz CT molecular complexity index is 364. The maximum atomic E-state index is 6.25. The van der Waals surface area contributed by atoms with E-state index in [2.05, 4.69) is 55.0 Å². The van der Waals surface area contributed by atoms with Crippen LogP contribution >= 0.6 is 27.5 Å². The van der Waals surface area contributed by atoms with Crippen LogP contribution in [0.1, 0.15) is 39.7 Å². The van der Waals surface area contributed by atoms with Crippen molar-refractivity contribution in [2.75, 3.05) is 6.54 Å². The lowest BCUT2D eigenvalue weighted by atomic mass is 9.83. The first kappa shape index (κ1) is 16.0. The third-order valence-electron chi connectivity index (χ3n) is 3.24. The second kappa shape index (κ2) is 6.93. The van der Waals surface area contributed by atoms with Crippen LogP contribution in [0.4, 0.5) is 0 Å². The average Bonchev–Trinajstić information content (AvgIpc) is 2.25. The summed E-state index contributed by atoms with van der Waals surface area (Å²) < 4.78 is 1.11. The Morgan fingerprint density at radius 3 is 2.50 bits per heavy atom. The normalized spacial score (nSPS) is 13.7. The van der Waals surface area contributed by atoms with E-state index in [9.17, 15) is 0 Å². The summed E-state index contributed by atoms with van der Waals surface area (Å²) in [6.07, 6.45) is 2.09. The summed E-state index contributed by atoms with van der Waals surface area (Å²) in [4.78, 5) is 0. The van der Waals surface area contributed by atoms with Gasteiger partial charge in [0.2, 0.25) is 0 Å². The van der Waals surface area contributed by atoms with Crippen molar-refractivity contribution in [3.63, 3.8) is 0 Å². The molecule has 1 nitrogen and oxygen atoms in total. The van der Waals surface area contributed by atoms with Crippen LogP contribution in [0.25, 0.3) is 0 Å². The molecule has 0 spiro atoms. The highest BCUT2D eigenvalue weighted by atomic mass is 79.9. The predicted molar refractivity (Wildman–Crippen MR) is 84.4 cm³/mol. The van der Waals surface area contributed by atoms with E-state index >= 15 is 0 Å². The van der Waals surface area contributed by atoms with E-state index in [-0.39, 0.29) is 5.41 Å². The minimum Gasteiger partial charge on any atom is -0.314 e. The molecule has 1 atom stereocenters. The number of benzene rings is 1. The van der Waals surface area contributed by atoms with Crippen LogP contribution in [0.3, 0.4) is 0 Å². The molecule has 3 heteroatoms. The first-order chi connectivity index (χ1) is 8.36. The van der Waals surface area contributed by atoms with Gasteiger partial charge in [-0.05, 0) is 42.5 Å². The minimum atomic E-state index is 0.268. The molecule has 0 heterocycles. The molecule has 1 rings (SSSR count). The fourth-order valence-electron chi connectivity index (χ4n) is 2.15. The summed E-state index contributed by atoms with van der Waals surface area (Å²) in [5.74, 6) is 0. The van der Waals surface area contributed by atoms with Crippen LogP contribution in [-0.4, -0.2) is 12.6 Å². The molecule has 0 bridgehead atoms. The molecule has 0 saturated carbocycles. The lowest BCUT2D eigenvalue weighted by Gasteiger charge is -2.31. The Kier molecular flexibility index (Phi) is 6.16. The Balaban J connectivity index is 2.73. The van der Waals surface area contributed by atoms with Crippen molar-refractivity contribution >= 4 is 27.5 Å². The van der Waals surface area contributed by atoms with Crippen LogP contribution in [0.5, 0.6) is 0 Å². The standard InChI is InChI=1S/C15H23BrClN/c1-5-18-14(15(2,3)4)10-9-11-12(16)7-6-8-13(11)17/h6-8,14,18H,5,9-10H2,1-4H3. The summed E-state index contributed by atoms with van der Waals surface area (Å²) in [5, 5.41) is 4.43. The molecule has 1 unspecified atom stereocenters. The van der Waals surface area contributed by atoms with Gasteiger partial charge in [-0.25, -0.2) is 0 Å². The maximum Gasteiger partial charge on any atom is 0.0449 e. The topological polar surface area (TPSA) is 12.0 Å². The van der Waals surface area contributed by atoms with E-state index in [0.29, 0.717) is 6.04 Å². The van der Waals surface area contributed by atoms with E-state index in [1.54, 1.807) is 0 Å². The molecular weight excluding hydrogens is 310 g/mol. The number of hydrogen-bond acceptors (Lipinski definition) is 1. The van der Waals surface area contributed by atoms with Crippen molar-refractivity contribution in [2.45, 2.75) is 46.6 Å². The van der Waals surface area contributed by atoms with Crippen molar-refractivity contribution in [3.8, 4) is 0 Å². The smallest absolute Gasteiger partial charge is 0.0449 e. The Morgan fingerprint density at radius 1 is 1.33 bits per heavy atom. The molecule has 1 N–H and O–H groups in total. The second-order valence-corrected chi connectivity index (χ2v) is 6.98. The fraction of sp³-hybridized carbons (Fsp3) is 0.600. The Morgan fingerprint density at radius 2 is 2.00 bits per heavy atom. The zero-order chi connectivity index (χ0) is 13.8. The maximum absolute atomic E-state index is 6.25.